The minimum absolute atomic E-state index is 0.188. The van der Waals surface area contributed by atoms with Crippen molar-refractivity contribution in [1.29, 1.82) is 0 Å². The van der Waals surface area contributed by atoms with E-state index < -0.39 is 44.9 Å². The van der Waals surface area contributed by atoms with Gasteiger partial charge in [0.25, 0.3) is 0 Å². The van der Waals surface area contributed by atoms with Gasteiger partial charge >= 0.3 is 188 Å². The quantitative estimate of drug-likeness (QED) is 0.132. The van der Waals surface area contributed by atoms with Gasteiger partial charge in [0.2, 0.25) is 0 Å². The summed E-state index contributed by atoms with van der Waals surface area (Å²) >= 11 is -3.28. The van der Waals surface area contributed by atoms with Crippen LogP contribution in [-0.2, 0) is 34.7 Å². The normalized spacial score (nSPS) is 10.2. The Morgan fingerprint density at radius 3 is 1.48 bits per heavy atom. The maximum absolute atomic E-state index is 11.9. The molecule has 0 unspecified atom stereocenters. The summed E-state index contributed by atoms with van der Waals surface area (Å²) in [6.07, 6.45) is -2.19. The number of rotatable bonds is 11. The van der Waals surface area contributed by atoms with Crippen molar-refractivity contribution in [2.45, 2.75) is 13.8 Å². The van der Waals surface area contributed by atoms with Crippen LogP contribution >= 0.6 is 20.6 Å². The van der Waals surface area contributed by atoms with Crippen molar-refractivity contribution in [3.8, 4) is 0 Å². The van der Waals surface area contributed by atoms with Crippen molar-refractivity contribution >= 4 is 44.9 Å². The molecule has 10 nitrogen and oxygen atoms in total. The molecule has 0 fully saturated rings. The van der Waals surface area contributed by atoms with E-state index in [4.69, 9.17) is 25.1 Å². The van der Waals surface area contributed by atoms with E-state index in [9.17, 15) is 19.2 Å². The second-order valence-corrected chi connectivity index (χ2v) is 9.06. The Balaban J connectivity index is 2.52. The Bertz CT molecular complexity index is 757. The van der Waals surface area contributed by atoms with Gasteiger partial charge in [-0.15, -0.1) is 0 Å². The number of benzene rings is 1. The SMILES string of the molecule is C=C(C)C(=O)OCCOC(=O)OI(OC(=O)OCCOC(=O)C(=C)C)c1ccccc1. The average Bonchev–Trinajstić information content (AvgIpc) is 2.73. The molecule has 0 radical (unpaired) electrons. The van der Waals surface area contributed by atoms with Crippen LogP contribution in [0.1, 0.15) is 13.8 Å². The van der Waals surface area contributed by atoms with Crippen molar-refractivity contribution in [2.24, 2.45) is 0 Å². The molecule has 0 aliphatic heterocycles. The molecule has 0 saturated carbocycles. The summed E-state index contributed by atoms with van der Waals surface area (Å²) in [5, 5.41) is 0. The number of carbonyl (C=O) groups is 4. The Kier molecular flexibility index (Phi) is 11.7. The topological polar surface area (TPSA) is 124 Å². The summed E-state index contributed by atoms with van der Waals surface area (Å²) in [7, 11) is 0. The van der Waals surface area contributed by atoms with E-state index in [1.807, 2.05) is 0 Å². The van der Waals surface area contributed by atoms with Crippen LogP contribution in [0.15, 0.2) is 54.6 Å². The van der Waals surface area contributed by atoms with E-state index >= 15 is 0 Å². The first kappa shape index (κ1) is 25.9. The van der Waals surface area contributed by atoms with Crippen molar-refractivity contribution < 1.29 is 44.3 Å². The Labute approximate surface area is 187 Å². The van der Waals surface area contributed by atoms with Gasteiger partial charge in [-0.3, -0.25) is 0 Å². The molecule has 1 aromatic rings. The molecule has 0 spiro atoms. The molecule has 0 aliphatic carbocycles. The van der Waals surface area contributed by atoms with Crippen LogP contribution < -0.4 is 0 Å². The molecule has 1 rings (SSSR count). The first-order valence-corrected chi connectivity index (χ1v) is 11.7. The van der Waals surface area contributed by atoms with Gasteiger partial charge in [-0.05, 0) is 0 Å². The van der Waals surface area contributed by atoms with Crippen LogP contribution in [0, 0.1) is 3.57 Å². The second-order valence-electron chi connectivity index (χ2n) is 5.70. The van der Waals surface area contributed by atoms with Crippen LogP contribution in [-0.4, -0.2) is 50.7 Å². The van der Waals surface area contributed by atoms with Gasteiger partial charge in [0.15, 0.2) is 0 Å². The maximum atomic E-state index is 11.9. The summed E-state index contributed by atoms with van der Waals surface area (Å²) in [5.41, 5.74) is 0.419. The van der Waals surface area contributed by atoms with Gasteiger partial charge < -0.3 is 0 Å². The standard InChI is InChI=1S/C20H23IO10/c1-14(2)17(22)26-10-12-28-19(24)30-21(16-8-6-5-7-9-16)31-20(25)29-13-11-27-18(23)15(3)4/h5-9H,1,3,10-13H2,2,4H3. The van der Waals surface area contributed by atoms with E-state index in [2.05, 4.69) is 13.2 Å². The van der Waals surface area contributed by atoms with Gasteiger partial charge in [0.05, 0.1) is 0 Å². The number of hydrogen-bond donors (Lipinski definition) is 0. The van der Waals surface area contributed by atoms with Gasteiger partial charge in [0, 0.05) is 0 Å². The number of ether oxygens (including phenoxy) is 4. The summed E-state index contributed by atoms with van der Waals surface area (Å²) in [5.74, 6) is -1.23. The Morgan fingerprint density at radius 2 is 1.10 bits per heavy atom. The van der Waals surface area contributed by atoms with Crippen LogP contribution in [0.5, 0.6) is 0 Å². The zero-order chi connectivity index (χ0) is 23.2. The Hall–Kier alpha value is -3.09. The van der Waals surface area contributed by atoms with E-state index in [-0.39, 0.29) is 37.6 Å². The monoisotopic (exact) mass is 550 g/mol. The van der Waals surface area contributed by atoms with Gasteiger partial charge in [0.1, 0.15) is 0 Å². The van der Waals surface area contributed by atoms with Crippen LogP contribution in [0.4, 0.5) is 9.59 Å². The second kappa shape index (κ2) is 14.0. The first-order chi connectivity index (χ1) is 14.7. The van der Waals surface area contributed by atoms with Gasteiger partial charge in [-0.2, -0.15) is 0 Å². The molecule has 170 valence electrons. The number of halogens is 1. The molecule has 0 saturated heterocycles. The molecule has 0 aliphatic rings. The summed E-state index contributed by atoms with van der Waals surface area (Å²) < 4.78 is 30.0. The molecule has 0 heterocycles. The predicted octanol–water partition coefficient (Wildman–Crippen LogP) is 3.74. The minimum atomic E-state index is -3.28. The van der Waals surface area contributed by atoms with Crippen molar-refractivity contribution in [2.75, 3.05) is 26.4 Å². The fraction of sp³-hybridized carbons (Fsp3) is 0.300. The van der Waals surface area contributed by atoms with Crippen LogP contribution in [0.3, 0.4) is 0 Å². The average molecular weight is 550 g/mol. The Morgan fingerprint density at radius 1 is 0.710 bits per heavy atom. The fourth-order valence-electron chi connectivity index (χ4n) is 1.55. The fourth-order valence-corrected chi connectivity index (χ4v) is 4.05. The predicted molar refractivity (Wildman–Crippen MR) is 116 cm³/mol. The van der Waals surface area contributed by atoms with Gasteiger partial charge in [-0.25, -0.2) is 0 Å². The van der Waals surface area contributed by atoms with Crippen molar-refractivity contribution in [3.63, 3.8) is 0 Å². The van der Waals surface area contributed by atoms with E-state index in [1.54, 1.807) is 30.3 Å². The van der Waals surface area contributed by atoms with Crippen molar-refractivity contribution in [1.82, 2.24) is 0 Å². The van der Waals surface area contributed by atoms with Crippen LogP contribution in [0.25, 0.3) is 0 Å². The zero-order valence-electron chi connectivity index (χ0n) is 17.1. The number of carbonyl (C=O) groups excluding carboxylic acids is 4. The summed E-state index contributed by atoms with van der Waals surface area (Å²) in [4.78, 5) is 46.4. The molecule has 0 aromatic heterocycles. The number of esters is 2. The molecule has 0 N–H and O–H groups in total. The van der Waals surface area contributed by atoms with E-state index in [0.29, 0.717) is 3.57 Å². The molecular formula is C20H23IO10. The summed E-state index contributed by atoms with van der Waals surface area (Å²) in [6.45, 7) is 8.92. The van der Waals surface area contributed by atoms with E-state index in [0.717, 1.165) is 0 Å². The molecule has 1 aromatic carbocycles. The first-order valence-electron chi connectivity index (χ1n) is 8.81. The molecule has 0 bridgehead atoms. The zero-order valence-corrected chi connectivity index (χ0v) is 19.2. The van der Waals surface area contributed by atoms with Gasteiger partial charge in [-0.1, -0.05) is 0 Å². The number of hydrogen-bond acceptors (Lipinski definition) is 10. The van der Waals surface area contributed by atoms with Crippen LogP contribution in [0.2, 0.25) is 0 Å². The molecule has 11 heteroatoms. The molecular weight excluding hydrogens is 527 g/mol. The third-order valence-corrected chi connectivity index (χ3v) is 6.20. The molecule has 31 heavy (non-hydrogen) atoms. The summed E-state index contributed by atoms with van der Waals surface area (Å²) in [6, 6.07) is 8.33. The third-order valence-electron chi connectivity index (χ3n) is 2.95. The van der Waals surface area contributed by atoms with E-state index in [1.165, 1.54) is 13.8 Å². The molecule has 0 atom stereocenters. The third kappa shape index (κ3) is 11.0. The van der Waals surface area contributed by atoms with Crippen molar-refractivity contribution in [3.05, 3.63) is 58.2 Å². The molecule has 0 amide bonds.